The molecule has 30 heavy (non-hydrogen) atoms. The zero-order valence-corrected chi connectivity index (χ0v) is 18.6. The molecule has 4 rings (SSSR count). The van der Waals surface area contributed by atoms with E-state index in [0.717, 1.165) is 47.9 Å². The van der Waals surface area contributed by atoms with Gasteiger partial charge in [0.05, 0.1) is 25.4 Å². The molecule has 1 aliphatic rings. The number of methoxy groups -OCH3 is 2. The molecule has 0 unspecified atom stereocenters. The molecule has 0 radical (unpaired) electrons. The molecule has 2 aromatic carbocycles. The van der Waals surface area contributed by atoms with Gasteiger partial charge in [-0.2, -0.15) is 0 Å². The smallest absolute Gasteiger partial charge is 0.161 e. The standard InChI is InChI=1S/C25H31N3O2/c1-17-6-7-18-13-20(15-28-11-10-21(16-28)27(2)3)25(26-22(18)12-17)19-8-9-23(29-4)24(14-19)30-5/h6-9,12-14,21H,10-11,15-16H2,1-5H3/t21-/m0/s1. The van der Waals surface area contributed by atoms with E-state index in [-0.39, 0.29) is 0 Å². The number of nitrogens with zero attached hydrogens (tertiary/aromatic N) is 3. The largest absolute Gasteiger partial charge is 0.493 e. The van der Waals surface area contributed by atoms with Crippen molar-refractivity contribution in [3.8, 4) is 22.8 Å². The van der Waals surface area contributed by atoms with Crippen LogP contribution in [0.1, 0.15) is 17.5 Å². The number of likely N-dealkylation sites (tertiary alicyclic amines) is 1. The minimum absolute atomic E-state index is 0.616. The Kier molecular flexibility index (Phi) is 5.93. The summed E-state index contributed by atoms with van der Waals surface area (Å²) in [5.41, 5.74) is 5.56. The Labute approximate surface area is 179 Å². The van der Waals surface area contributed by atoms with Crippen LogP contribution in [0.5, 0.6) is 11.5 Å². The zero-order chi connectivity index (χ0) is 21.3. The lowest BCUT2D eigenvalue weighted by Crippen LogP contribution is -2.31. The van der Waals surface area contributed by atoms with Crippen LogP contribution in [0, 0.1) is 6.92 Å². The van der Waals surface area contributed by atoms with E-state index in [4.69, 9.17) is 14.5 Å². The van der Waals surface area contributed by atoms with Crippen LogP contribution in [0.25, 0.3) is 22.2 Å². The molecule has 1 saturated heterocycles. The highest BCUT2D eigenvalue weighted by Gasteiger charge is 2.25. The average Bonchev–Trinajstić information content (AvgIpc) is 3.22. The molecule has 3 aromatic rings. The number of rotatable bonds is 6. The Balaban J connectivity index is 1.77. The monoisotopic (exact) mass is 405 g/mol. The van der Waals surface area contributed by atoms with Crippen molar-refractivity contribution in [3.63, 3.8) is 0 Å². The summed E-state index contributed by atoms with van der Waals surface area (Å²) in [6.07, 6.45) is 1.21. The van der Waals surface area contributed by atoms with Crippen molar-refractivity contribution in [1.82, 2.24) is 14.8 Å². The molecule has 5 heteroatoms. The number of aromatic nitrogens is 1. The van der Waals surface area contributed by atoms with Crippen LogP contribution in [0.2, 0.25) is 0 Å². The van der Waals surface area contributed by atoms with Gasteiger partial charge < -0.3 is 14.4 Å². The molecule has 1 atom stereocenters. The summed E-state index contributed by atoms with van der Waals surface area (Å²) in [5, 5.41) is 1.18. The van der Waals surface area contributed by atoms with E-state index >= 15 is 0 Å². The second kappa shape index (κ2) is 8.62. The number of ether oxygens (including phenoxy) is 2. The van der Waals surface area contributed by atoms with Gasteiger partial charge in [-0.3, -0.25) is 4.90 Å². The van der Waals surface area contributed by atoms with E-state index in [1.165, 1.54) is 22.9 Å². The van der Waals surface area contributed by atoms with Crippen molar-refractivity contribution in [3.05, 3.63) is 53.6 Å². The van der Waals surface area contributed by atoms with Crippen LogP contribution < -0.4 is 9.47 Å². The van der Waals surface area contributed by atoms with Gasteiger partial charge in [0.2, 0.25) is 0 Å². The molecule has 5 nitrogen and oxygen atoms in total. The topological polar surface area (TPSA) is 37.8 Å². The van der Waals surface area contributed by atoms with Crippen molar-refractivity contribution in [2.45, 2.75) is 25.9 Å². The first-order valence-corrected chi connectivity index (χ1v) is 10.5. The van der Waals surface area contributed by atoms with Gasteiger partial charge in [-0.05, 0) is 68.9 Å². The number of hydrogen-bond acceptors (Lipinski definition) is 5. The summed E-state index contributed by atoms with van der Waals surface area (Å²) < 4.78 is 11.0. The van der Waals surface area contributed by atoms with E-state index in [2.05, 4.69) is 61.2 Å². The van der Waals surface area contributed by atoms with Gasteiger partial charge in [-0.25, -0.2) is 4.98 Å². The molecule has 0 amide bonds. The minimum Gasteiger partial charge on any atom is -0.493 e. The van der Waals surface area contributed by atoms with Gasteiger partial charge in [0.25, 0.3) is 0 Å². The number of pyridine rings is 1. The van der Waals surface area contributed by atoms with Gasteiger partial charge >= 0.3 is 0 Å². The highest BCUT2D eigenvalue weighted by molar-refractivity contribution is 5.84. The van der Waals surface area contributed by atoms with Crippen LogP contribution in [-0.4, -0.2) is 62.2 Å². The predicted molar refractivity (Wildman–Crippen MR) is 122 cm³/mol. The summed E-state index contributed by atoms with van der Waals surface area (Å²) in [6, 6.07) is 15.5. The third-order valence-electron chi connectivity index (χ3n) is 6.08. The summed E-state index contributed by atoms with van der Waals surface area (Å²) in [6.45, 7) is 5.20. The SMILES string of the molecule is COc1ccc(-c2nc3cc(C)ccc3cc2CN2CC[C@H](N(C)C)C2)cc1OC. The molecule has 1 aliphatic heterocycles. The summed E-state index contributed by atoms with van der Waals surface area (Å²) in [4.78, 5) is 9.96. The van der Waals surface area contributed by atoms with E-state index in [9.17, 15) is 0 Å². The predicted octanol–water partition coefficient (Wildman–Crippen LogP) is 4.36. The number of fused-ring (bicyclic) bond motifs is 1. The molecule has 2 heterocycles. The lowest BCUT2D eigenvalue weighted by molar-refractivity contribution is 0.265. The van der Waals surface area contributed by atoms with Crippen molar-refractivity contribution in [2.75, 3.05) is 41.4 Å². The van der Waals surface area contributed by atoms with Gasteiger partial charge in [0.15, 0.2) is 11.5 Å². The normalized spacial score (nSPS) is 17.1. The Morgan fingerprint density at radius 3 is 2.53 bits per heavy atom. The average molecular weight is 406 g/mol. The maximum absolute atomic E-state index is 5.55. The van der Waals surface area contributed by atoms with Crippen LogP contribution in [0.15, 0.2) is 42.5 Å². The Morgan fingerprint density at radius 1 is 1.03 bits per heavy atom. The third-order valence-corrected chi connectivity index (χ3v) is 6.08. The van der Waals surface area contributed by atoms with E-state index < -0.39 is 0 Å². The fraction of sp³-hybridized carbons (Fsp3) is 0.400. The highest BCUT2D eigenvalue weighted by atomic mass is 16.5. The fourth-order valence-corrected chi connectivity index (χ4v) is 4.29. The maximum atomic E-state index is 5.55. The molecule has 0 N–H and O–H groups in total. The van der Waals surface area contributed by atoms with E-state index in [1.54, 1.807) is 14.2 Å². The molecule has 0 bridgehead atoms. The number of likely N-dealkylation sites (N-methyl/N-ethyl adjacent to an activating group) is 1. The second-order valence-corrected chi connectivity index (χ2v) is 8.40. The van der Waals surface area contributed by atoms with E-state index in [1.807, 2.05) is 12.1 Å². The van der Waals surface area contributed by atoms with E-state index in [0.29, 0.717) is 6.04 Å². The first kappa shape index (κ1) is 20.6. The lowest BCUT2D eigenvalue weighted by Gasteiger charge is -2.21. The Hall–Kier alpha value is -2.63. The molecule has 0 spiro atoms. The lowest BCUT2D eigenvalue weighted by atomic mass is 10.0. The van der Waals surface area contributed by atoms with Gasteiger partial charge in [-0.1, -0.05) is 12.1 Å². The Bertz CT molecular complexity index is 1050. The molecular weight excluding hydrogens is 374 g/mol. The van der Waals surface area contributed by atoms with Crippen LogP contribution in [0.3, 0.4) is 0 Å². The van der Waals surface area contributed by atoms with Crippen LogP contribution >= 0.6 is 0 Å². The quantitative estimate of drug-likeness (QED) is 0.609. The van der Waals surface area contributed by atoms with Crippen molar-refractivity contribution >= 4 is 10.9 Å². The minimum atomic E-state index is 0.616. The first-order valence-electron chi connectivity index (χ1n) is 10.5. The summed E-state index contributed by atoms with van der Waals surface area (Å²) in [5.74, 6) is 1.45. The van der Waals surface area contributed by atoms with Gasteiger partial charge in [0, 0.05) is 36.6 Å². The van der Waals surface area contributed by atoms with Crippen LogP contribution in [0.4, 0.5) is 0 Å². The summed E-state index contributed by atoms with van der Waals surface area (Å²) >= 11 is 0. The molecule has 1 fully saturated rings. The molecule has 158 valence electrons. The number of benzene rings is 2. The maximum Gasteiger partial charge on any atom is 0.161 e. The van der Waals surface area contributed by atoms with Crippen molar-refractivity contribution in [1.29, 1.82) is 0 Å². The molecule has 0 aliphatic carbocycles. The Morgan fingerprint density at radius 2 is 1.83 bits per heavy atom. The molecule has 0 saturated carbocycles. The van der Waals surface area contributed by atoms with Crippen molar-refractivity contribution < 1.29 is 9.47 Å². The summed E-state index contributed by atoms with van der Waals surface area (Å²) in [7, 11) is 7.67. The van der Waals surface area contributed by atoms with Crippen LogP contribution in [-0.2, 0) is 6.54 Å². The van der Waals surface area contributed by atoms with Gasteiger partial charge in [-0.15, -0.1) is 0 Å². The first-order chi connectivity index (χ1) is 14.5. The van der Waals surface area contributed by atoms with Gasteiger partial charge in [0.1, 0.15) is 0 Å². The highest BCUT2D eigenvalue weighted by Crippen LogP contribution is 2.35. The number of aryl methyl sites for hydroxylation is 1. The number of hydrogen-bond donors (Lipinski definition) is 0. The molecular formula is C25H31N3O2. The zero-order valence-electron chi connectivity index (χ0n) is 18.6. The fourth-order valence-electron chi connectivity index (χ4n) is 4.29. The molecule has 1 aromatic heterocycles. The van der Waals surface area contributed by atoms with Crippen molar-refractivity contribution in [2.24, 2.45) is 0 Å². The second-order valence-electron chi connectivity index (χ2n) is 8.40. The third kappa shape index (κ3) is 4.13.